The summed E-state index contributed by atoms with van der Waals surface area (Å²) in [6.07, 6.45) is 1.67. The van der Waals surface area contributed by atoms with Crippen LogP contribution in [0.3, 0.4) is 0 Å². The Kier molecular flexibility index (Phi) is 3.06. The highest BCUT2D eigenvalue weighted by atomic mass is 19.2. The average Bonchev–Trinajstić information content (AvgIpc) is 2.90. The van der Waals surface area contributed by atoms with Crippen LogP contribution in [0, 0.1) is 17.5 Å². The zero-order valence-corrected chi connectivity index (χ0v) is 10.3. The van der Waals surface area contributed by atoms with Crippen molar-refractivity contribution in [2.75, 3.05) is 5.32 Å². The molecule has 1 heterocycles. The number of para-hydroxylation sites is 1. The fraction of sp³-hybridized carbons (Fsp3) is 0.0714. The molecule has 0 aliphatic heterocycles. The number of nitrogens with zero attached hydrogens (tertiary/aromatic N) is 1. The molecule has 0 saturated heterocycles. The summed E-state index contributed by atoms with van der Waals surface area (Å²) >= 11 is 0. The molecule has 6 heteroatoms. The van der Waals surface area contributed by atoms with Crippen LogP contribution in [-0.2, 0) is 6.54 Å². The van der Waals surface area contributed by atoms with Crippen molar-refractivity contribution in [3.8, 4) is 0 Å². The quantitative estimate of drug-likeness (QED) is 0.718. The highest BCUT2D eigenvalue weighted by Gasteiger charge is 2.10. The van der Waals surface area contributed by atoms with Crippen LogP contribution < -0.4 is 5.32 Å². The predicted molar refractivity (Wildman–Crippen MR) is 69.7 cm³/mol. The van der Waals surface area contributed by atoms with Gasteiger partial charge in [0.15, 0.2) is 11.6 Å². The van der Waals surface area contributed by atoms with Crippen LogP contribution in [-0.4, -0.2) is 10.2 Å². The molecule has 3 nitrogen and oxygen atoms in total. The van der Waals surface area contributed by atoms with Crippen molar-refractivity contribution in [1.29, 1.82) is 0 Å². The number of hydrogen-bond acceptors (Lipinski definition) is 2. The van der Waals surface area contributed by atoms with E-state index in [-0.39, 0.29) is 12.1 Å². The number of H-pyrrole nitrogens is 1. The van der Waals surface area contributed by atoms with Crippen molar-refractivity contribution in [1.82, 2.24) is 10.2 Å². The largest absolute Gasteiger partial charge is 0.379 e. The first-order valence-corrected chi connectivity index (χ1v) is 5.94. The van der Waals surface area contributed by atoms with E-state index in [1.54, 1.807) is 12.3 Å². The third-order valence-corrected chi connectivity index (χ3v) is 3.04. The summed E-state index contributed by atoms with van der Waals surface area (Å²) in [5.41, 5.74) is 1.54. The van der Waals surface area contributed by atoms with Gasteiger partial charge in [-0.05, 0) is 12.1 Å². The smallest absolute Gasteiger partial charge is 0.161 e. The average molecular weight is 277 g/mol. The third-order valence-electron chi connectivity index (χ3n) is 3.04. The number of fused-ring (bicyclic) bond motifs is 1. The van der Waals surface area contributed by atoms with Gasteiger partial charge in [-0.25, -0.2) is 13.2 Å². The number of hydrogen-bond donors (Lipinski definition) is 2. The highest BCUT2D eigenvalue weighted by Crippen LogP contribution is 2.22. The summed E-state index contributed by atoms with van der Waals surface area (Å²) in [4.78, 5) is 0. The third kappa shape index (κ3) is 2.20. The van der Waals surface area contributed by atoms with Gasteiger partial charge in [-0.1, -0.05) is 12.1 Å². The first-order valence-electron chi connectivity index (χ1n) is 5.94. The van der Waals surface area contributed by atoms with E-state index < -0.39 is 17.5 Å². The Morgan fingerprint density at radius 3 is 2.70 bits per heavy atom. The van der Waals surface area contributed by atoms with E-state index >= 15 is 0 Å². The topological polar surface area (TPSA) is 40.7 Å². The lowest BCUT2D eigenvalue weighted by Gasteiger charge is -2.09. The maximum Gasteiger partial charge on any atom is 0.161 e. The zero-order valence-electron chi connectivity index (χ0n) is 10.3. The summed E-state index contributed by atoms with van der Waals surface area (Å²) < 4.78 is 39.5. The van der Waals surface area contributed by atoms with Crippen LogP contribution in [0.15, 0.2) is 36.5 Å². The number of benzene rings is 2. The second kappa shape index (κ2) is 4.88. The van der Waals surface area contributed by atoms with Crippen molar-refractivity contribution < 1.29 is 13.2 Å². The Morgan fingerprint density at radius 1 is 1.05 bits per heavy atom. The van der Waals surface area contributed by atoms with E-state index in [4.69, 9.17) is 0 Å². The molecular weight excluding hydrogens is 267 g/mol. The SMILES string of the molecule is Fc1cc(F)c(CNc2cccc3cn[nH]c23)cc1F. The molecule has 2 aromatic carbocycles. The maximum absolute atomic E-state index is 13.5. The van der Waals surface area contributed by atoms with Gasteiger partial charge >= 0.3 is 0 Å². The van der Waals surface area contributed by atoms with Gasteiger partial charge in [0, 0.05) is 23.6 Å². The summed E-state index contributed by atoms with van der Waals surface area (Å²) in [7, 11) is 0. The maximum atomic E-state index is 13.5. The minimum atomic E-state index is -1.19. The van der Waals surface area contributed by atoms with Crippen molar-refractivity contribution in [2.45, 2.75) is 6.54 Å². The van der Waals surface area contributed by atoms with E-state index in [1.807, 2.05) is 12.1 Å². The second-order valence-electron chi connectivity index (χ2n) is 4.35. The van der Waals surface area contributed by atoms with E-state index in [0.29, 0.717) is 11.8 Å². The summed E-state index contributed by atoms with van der Waals surface area (Å²) in [5, 5.41) is 10.6. The van der Waals surface area contributed by atoms with E-state index in [9.17, 15) is 13.2 Å². The molecule has 0 aliphatic rings. The Hall–Kier alpha value is -2.50. The summed E-state index contributed by atoms with van der Waals surface area (Å²) in [5.74, 6) is -3.04. The monoisotopic (exact) mass is 277 g/mol. The van der Waals surface area contributed by atoms with Crippen LogP contribution >= 0.6 is 0 Å². The number of aromatic nitrogens is 2. The van der Waals surface area contributed by atoms with Crippen LogP contribution in [0.1, 0.15) is 5.56 Å². The molecule has 0 atom stereocenters. The molecule has 20 heavy (non-hydrogen) atoms. The van der Waals surface area contributed by atoms with E-state index in [0.717, 1.165) is 17.0 Å². The first kappa shape index (κ1) is 12.5. The van der Waals surface area contributed by atoms with Gasteiger partial charge in [0.05, 0.1) is 17.4 Å². The molecule has 3 aromatic rings. The van der Waals surface area contributed by atoms with Crippen molar-refractivity contribution in [2.24, 2.45) is 0 Å². The molecule has 1 aromatic heterocycles. The lowest BCUT2D eigenvalue weighted by molar-refractivity contribution is 0.490. The van der Waals surface area contributed by atoms with Gasteiger partial charge in [-0.2, -0.15) is 5.10 Å². The molecule has 0 amide bonds. The number of aromatic amines is 1. The van der Waals surface area contributed by atoms with Crippen LogP contribution in [0.2, 0.25) is 0 Å². The zero-order chi connectivity index (χ0) is 14.1. The molecule has 0 saturated carbocycles. The van der Waals surface area contributed by atoms with Crippen molar-refractivity contribution >= 4 is 16.6 Å². The van der Waals surface area contributed by atoms with Gasteiger partial charge in [0.1, 0.15) is 5.82 Å². The van der Waals surface area contributed by atoms with Gasteiger partial charge in [0.2, 0.25) is 0 Å². The lowest BCUT2D eigenvalue weighted by Crippen LogP contribution is -2.04. The standard InChI is InChI=1S/C14H10F3N3/c15-10-5-12(17)11(16)4-9(10)6-18-13-3-1-2-8-7-19-20-14(8)13/h1-5,7,18H,6H2,(H,19,20). The second-order valence-corrected chi connectivity index (χ2v) is 4.35. The van der Waals surface area contributed by atoms with Crippen LogP contribution in [0.25, 0.3) is 10.9 Å². The van der Waals surface area contributed by atoms with Gasteiger partial charge in [-0.15, -0.1) is 0 Å². The van der Waals surface area contributed by atoms with Crippen molar-refractivity contribution in [3.05, 3.63) is 59.5 Å². The van der Waals surface area contributed by atoms with E-state index in [2.05, 4.69) is 15.5 Å². The van der Waals surface area contributed by atoms with Gasteiger partial charge in [-0.3, -0.25) is 5.10 Å². The predicted octanol–water partition coefficient (Wildman–Crippen LogP) is 3.59. The molecule has 102 valence electrons. The molecule has 0 radical (unpaired) electrons. The molecule has 0 aliphatic carbocycles. The Labute approximate surface area is 112 Å². The normalized spacial score (nSPS) is 10.9. The number of halogens is 3. The molecule has 3 rings (SSSR count). The van der Waals surface area contributed by atoms with Gasteiger partial charge in [0.25, 0.3) is 0 Å². The molecule has 0 bridgehead atoms. The number of anilines is 1. The molecule has 0 unspecified atom stereocenters. The van der Waals surface area contributed by atoms with Crippen LogP contribution in [0.4, 0.5) is 18.9 Å². The lowest BCUT2D eigenvalue weighted by atomic mass is 10.2. The first-order chi connectivity index (χ1) is 9.65. The minimum absolute atomic E-state index is 0.0428. The molecule has 0 fully saturated rings. The minimum Gasteiger partial charge on any atom is -0.379 e. The Balaban J connectivity index is 1.86. The summed E-state index contributed by atoms with van der Waals surface area (Å²) in [6.45, 7) is 0.0428. The van der Waals surface area contributed by atoms with E-state index in [1.165, 1.54) is 0 Å². The highest BCUT2D eigenvalue weighted by molar-refractivity contribution is 5.89. The molecule has 0 spiro atoms. The Bertz CT molecular complexity index is 767. The fourth-order valence-corrected chi connectivity index (χ4v) is 2.01. The molecular formula is C14H10F3N3. The number of rotatable bonds is 3. The van der Waals surface area contributed by atoms with Gasteiger partial charge < -0.3 is 5.32 Å². The number of nitrogens with one attached hydrogen (secondary N) is 2. The van der Waals surface area contributed by atoms with Crippen molar-refractivity contribution in [3.63, 3.8) is 0 Å². The summed E-state index contributed by atoms with van der Waals surface area (Å²) in [6, 6.07) is 6.89. The molecule has 2 N–H and O–H groups in total. The van der Waals surface area contributed by atoms with Crippen LogP contribution in [0.5, 0.6) is 0 Å². The fourth-order valence-electron chi connectivity index (χ4n) is 2.01. The Morgan fingerprint density at radius 2 is 1.85 bits per heavy atom.